The lowest BCUT2D eigenvalue weighted by Gasteiger charge is -2.02. The molecule has 0 saturated carbocycles. The molecule has 0 saturated heterocycles. The van der Waals surface area contributed by atoms with Gasteiger partial charge in [0.1, 0.15) is 11.5 Å². The molecule has 0 amide bonds. The molecule has 5 nitrogen and oxygen atoms in total. The van der Waals surface area contributed by atoms with E-state index in [1.165, 1.54) is 0 Å². The summed E-state index contributed by atoms with van der Waals surface area (Å²) in [7, 11) is 0. The van der Waals surface area contributed by atoms with Gasteiger partial charge in [-0.15, -0.1) is 0 Å². The standard InChI is InChI=1S/C11H9N5/c1-2-8(10-13-4-5-14-10)9(12-3-1)11-15-6-7-16-11/h1-7H,(H,13,14)(H,15,16). The maximum Gasteiger partial charge on any atom is 0.156 e. The molecule has 3 heterocycles. The number of aromatic nitrogens is 5. The van der Waals surface area contributed by atoms with Crippen LogP contribution in [-0.2, 0) is 0 Å². The van der Waals surface area contributed by atoms with E-state index in [4.69, 9.17) is 0 Å². The third-order valence-corrected chi connectivity index (χ3v) is 2.28. The Morgan fingerprint density at radius 2 is 1.56 bits per heavy atom. The predicted molar refractivity (Wildman–Crippen MR) is 59.4 cm³/mol. The molecule has 3 aromatic rings. The van der Waals surface area contributed by atoms with Gasteiger partial charge in [0.2, 0.25) is 0 Å². The molecule has 0 bridgehead atoms. The number of nitrogens with one attached hydrogen (secondary N) is 2. The average Bonchev–Trinajstić information content (AvgIpc) is 3.03. The first-order chi connectivity index (χ1) is 7.95. The largest absolute Gasteiger partial charge is 0.345 e. The highest BCUT2D eigenvalue weighted by atomic mass is 14.9. The number of pyridine rings is 1. The molecule has 0 aliphatic rings. The van der Waals surface area contributed by atoms with E-state index in [9.17, 15) is 0 Å². The van der Waals surface area contributed by atoms with Gasteiger partial charge in [0.15, 0.2) is 5.82 Å². The van der Waals surface area contributed by atoms with Crippen molar-refractivity contribution in [2.75, 3.05) is 0 Å². The maximum absolute atomic E-state index is 4.32. The quantitative estimate of drug-likeness (QED) is 0.679. The Bertz CT molecular complexity index is 515. The summed E-state index contributed by atoms with van der Waals surface area (Å²) < 4.78 is 0. The number of hydrogen-bond acceptors (Lipinski definition) is 3. The Labute approximate surface area is 91.6 Å². The first-order valence-electron chi connectivity index (χ1n) is 4.89. The molecule has 0 spiro atoms. The van der Waals surface area contributed by atoms with E-state index in [1.54, 1.807) is 31.0 Å². The summed E-state index contributed by atoms with van der Waals surface area (Å²) in [5.74, 6) is 1.53. The zero-order chi connectivity index (χ0) is 10.8. The Balaban J connectivity index is 2.19. The van der Waals surface area contributed by atoms with Crippen LogP contribution in [0.1, 0.15) is 0 Å². The van der Waals surface area contributed by atoms with Crippen molar-refractivity contribution in [2.45, 2.75) is 0 Å². The van der Waals surface area contributed by atoms with Crippen molar-refractivity contribution < 1.29 is 0 Å². The van der Waals surface area contributed by atoms with E-state index in [0.29, 0.717) is 0 Å². The third kappa shape index (κ3) is 1.38. The van der Waals surface area contributed by atoms with Gasteiger partial charge in [-0.2, -0.15) is 0 Å². The average molecular weight is 211 g/mol. The molecule has 0 aliphatic carbocycles. The molecule has 0 fully saturated rings. The van der Waals surface area contributed by atoms with Crippen LogP contribution in [0.2, 0.25) is 0 Å². The number of imidazole rings is 2. The normalized spacial score (nSPS) is 10.5. The molecule has 16 heavy (non-hydrogen) atoms. The summed E-state index contributed by atoms with van der Waals surface area (Å²) in [6.07, 6.45) is 8.72. The van der Waals surface area contributed by atoms with Gasteiger partial charge in [0, 0.05) is 36.5 Å². The fraction of sp³-hybridized carbons (Fsp3) is 0. The van der Waals surface area contributed by atoms with E-state index in [1.807, 2.05) is 12.1 Å². The SMILES string of the molecule is c1cnc(-c2ncc[nH]2)c(-c2ncc[nH]2)c1. The fourth-order valence-corrected chi connectivity index (χ4v) is 1.59. The van der Waals surface area contributed by atoms with Crippen molar-refractivity contribution >= 4 is 0 Å². The van der Waals surface area contributed by atoms with Crippen LogP contribution >= 0.6 is 0 Å². The third-order valence-electron chi connectivity index (χ3n) is 2.28. The lowest BCUT2D eigenvalue weighted by Crippen LogP contribution is -1.91. The van der Waals surface area contributed by atoms with Crippen LogP contribution in [0.4, 0.5) is 0 Å². The predicted octanol–water partition coefficient (Wildman–Crippen LogP) is 1.86. The second-order valence-electron chi connectivity index (χ2n) is 3.28. The smallest absolute Gasteiger partial charge is 0.156 e. The topological polar surface area (TPSA) is 70.2 Å². The van der Waals surface area contributed by atoms with Crippen molar-refractivity contribution in [2.24, 2.45) is 0 Å². The number of H-pyrrole nitrogens is 2. The monoisotopic (exact) mass is 211 g/mol. The van der Waals surface area contributed by atoms with Gasteiger partial charge in [0.25, 0.3) is 0 Å². The van der Waals surface area contributed by atoms with Crippen molar-refractivity contribution in [1.29, 1.82) is 0 Å². The molecule has 2 N–H and O–H groups in total. The van der Waals surface area contributed by atoms with Gasteiger partial charge in [0.05, 0.1) is 0 Å². The summed E-state index contributed by atoms with van der Waals surface area (Å²) in [4.78, 5) is 18.8. The van der Waals surface area contributed by atoms with Crippen molar-refractivity contribution in [1.82, 2.24) is 24.9 Å². The maximum atomic E-state index is 4.32. The zero-order valence-corrected chi connectivity index (χ0v) is 8.38. The second kappa shape index (κ2) is 3.62. The molecule has 5 heteroatoms. The summed E-state index contributed by atoms with van der Waals surface area (Å²) in [5, 5.41) is 0. The number of rotatable bonds is 2. The van der Waals surface area contributed by atoms with Crippen molar-refractivity contribution in [3.05, 3.63) is 43.1 Å². The van der Waals surface area contributed by atoms with Crippen molar-refractivity contribution in [3.63, 3.8) is 0 Å². The molecular weight excluding hydrogens is 202 g/mol. The minimum absolute atomic E-state index is 0.743. The number of aromatic amines is 2. The lowest BCUT2D eigenvalue weighted by atomic mass is 10.2. The van der Waals surface area contributed by atoms with Gasteiger partial charge in [-0.3, -0.25) is 4.98 Å². The molecule has 0 radical (unpaired) electrons. The van der Waals surface area contributed by atoms with Crippen LogP contribution < -0.4 is 0 Å². The Kier molecular flexibility index (Phi) is 2.00. The molecule has 0 aliphatic heterocycles. The fourth-order valence-electron chi connectivity index (χ4n) is 1.59. The van der Waals surface area contributed by atoms with Crippen LogP contribution in [0.15, 0.2) is 43.1 Å². The minimum atomic E-state index is 0.743. The first kappa shape index (κ1) is 8.84. The van der Waals surface area contributed by atoms with Crippen molar-refractivity contribution in [3.8, 4) is 22.9 Å². The van der Waals surface area contributed by atoms with E-state index in [0.717, 1.165) is 22.9 Å². The van der Waals surface area contributed by atoms with Crippen LogP contribution in [0, 0.1) is 0 Å². The Morgan fingerprint density at radius 1 is 0.812 bits per heavy atom. The van der Waals surface area contributed by atoms with Gasteiger partial charge in [-0.25, -0.2) is 9.97 Å². The van der Waals surface area contributed by atoms with E-state index in [-0.39, 0.29) is 0 Å². The van der Waals surface area contributed by atoms with Gasteiger partial charge >= 0.3 is 0 Å². The zero-order valence-electron chi connectivity index (χ0n) is 8.38. The van der Waals surface area contributed by atoms with Gasteiger partial charge < -0.3 is 9.97 Å². The molecule has 0 aromatic carbocycles. The molecule has 0 atom stereocenters. The summed E-state index contributed by atoms with van der Waals surface area (Å²) in [6.45, 7) is 0. The van der Waals surface area contributed by atoms with Gasteiger partial charge in [-0.1, -0.05) is 0 Å². The summed E-state index contributed by atoms with van der Waals surface area (Å²) in [5.41, 5.74) is 1.73. The Hall–Kier alpha value is -2.43. The summed E-state index contributed by atoms with van der Waals surface area (Å²) in [6, 6.07) is 3.84. The highest BCUT2D eigenvalue weighted by molar-refractivity contribution is 5.73. The van der Waals surface area contributed by atoms with Crippen LogP contribution in [0.3, 0.4) is 0 Å². The van der Waals surface area contributed by atoms with Crippen LogP contribution in [-0.4, -0.2) is 24.9 Å². The molecule has 3 rings (SSSR count). The summed E-state index contributed by atoms with van der Waals surface area (Å²) >= 11 is 0. The first-order valence-corrected chi connectivity index (χ1v) is 4.89. The molecular formula is C11H9N5. The van der Waals surface area contributed by atoms with Gasteiger partial charge in [-0.05, 0) is 12.1 Å². The number of hydrogen-bond donors (Lipinski definition) is 2. The van der Waals surface area contributed by atoms with E-state index < -0.39 is 0 Å². The second-order valence-corrected chi connectivity index (χ2v) is 3.28. The van der Waals surface area contributed by atoms with E-state index in [2.05, 4.69) is 24.9 Å². The minimum Gasteiger partial charge on any atom is -0.345 e. The molecule has 78 valence electrons. The lowest BCUT2D eigenvalue weighted by molar-refractivity contribution is 1.20. The highest BCUT2D eigenvalue weighted by Crippen LogP contribution is 2.24. The van der Waals surface area contributed by atoms with E-state index >= 15 is 0 Å². The van der Waals surface area contributed by atoms with Crippen LogP contribution in [0.5, 0.6) is 0 Å². The molecule has 3 aromatic heterocycles. The van der Waals surface area contributed by atoms with Crippen LogP contribution in [0.25, 0.3) is 22.9 Å². The highest BCUT2D eigenvalue weighted by Gasteiger charge is 2.11. The Morgan fingerprint density at radius 3 is 2.25 bits per heavy atom. The molecule has 0 unspecified atom stereocenters. The number of nitrogens with zero attached hydrogens (tertiary/aromatic N) is 3.